The van der Waals surface area contributed by atoms with Gasteiger partial charge in [0.2, 0.25) is 0 Å². The Bertz CT molecular complexity index is 195. The Morgan fingerprint density at radius 2 is 0.667 bits per heavy atom. The van der Waals surface area contributed by atoms with Gasteiger partial charge in [0.25, 0.3) is 23.9 Å². The van der Waals surface area contributed by atoms with Crippen LogP contribution in [0.15, 0.2) is 0 Å². The van der Waals surface area contributed by atoms with Gasteiger partial charge >= 0.3 is 0 Å². The summed E-state index contributed by atoms with van der Waals surface area (Å²) in [4.78, 5) is 36.0. The summed E-state index contributed by atoms with van der Waals surface area (Å²) in [5.41, 5.74) is 9.81. The number of hydrogen-bond donors (Lipinski definition) is 6. The van der Waals surface area contributed by atoms with E-state index in [0.717, 1.165) is 27.7 Å². The van der Waals surface area contributed by atoms with E-state index in [-0.39, 0.29) is 21.1 Å². The van der Waals surface area contributed by atoms with Crippen LogP contribution in [0.4, 0.5) is 0 Å². The third-order valence-electron chi connectivity index (χ3n) is 0.167. The van der Waals surface area contributed by atoms with Crippen molar-refractivity contribution in [3.8, 4) is 0 Å². The van der Waals surface area contributed by atoms with Crippen molar-refractivity contribution in [2.75, 3.05) is 13.1 Å². The van der Waals surface area contributed by atoms with Gasteiger partial charge in [-0.2, -0.15) is 0 Å². The minimum atomic E-state index is -0.833. The fourth-order valence-electron chi connectivity index (χ4n) is 0. The molecule has 0 rings (SSSR count). The van der Waals surface area contributed by atoms with E-state index in [1.807, 2.05) is 0 Å². The molecule has 0 amide bonds. The van der Waals surface area contributed by atoms with Crippen molar-refractivity contribution >= 4 is 23.9 Å². The Morgan fingerprint density at radius 1 is 0.619 bits per heavy atom. The number of aliphatic carboxylic acids is 4. The molecule has 0 aromatic heterocycles. The molecule has 11 heteroatoms. The summed E-state index contributed by atoms with van der Waals surface area (Å²) in [5, 5.41) is 29.7. The van der Waals surface area contributed by atoms with Gasteiger partial charge in [0, 0.05) is 61.8 Å². The van der Waals surface area contributed by atoms with E-state index in [9.17, 15) is 0 Å². The quantitative estimate of drug-likeness (QED) is 0.269. The monoisotopic (exact) mass is 495 g/mol. The van der Waals surface area contributed by atoms with Crippen molar-refractivity contribution < 1.29 is 60.7 Å². The van der Waals surface area contributed by atoms with Crippen molar-refractivity contribution in [2.24, 2.45) is 11.5 Å². The van der Waals surface area contributed by atoms with Crippen LogP contribution < -0.4 is 11.5 Å². The Morgan fingerprint density at radius 3 is 0.667 bits per heavy atom. The van der Waals surface area contributed by atoms with Crippen LogP contribution in [-0.2, 0) is 40.2 Å². The van der Waals surface area contributed by atoms with Crippen LogP contribution >= 0.6 is 0 Å². The maximum absolute atomic E-state index is 9.00. The van der Waals surface area contributed by atoms with Crippen LogP contribution in [0.2, 0.25) is 0 Å². The smallest absolute Gasteiger partial charge is 0.300 e. The zero-order valence-corrected chi connectivity index (χ0v) is 14.6. The van der Waals surface area contributed by atoms with Crippen molar-refractivity contribution in [1.82, 2.24) is 0 Å². The maximum atomic E-state index is 9.00. The van der Waals surface area contributed by atoms with Crippen molar-refractivity contribution in [2.45, 2.75) is 27.7 Å². The predicted molar refractivity (Wildman–Crippen MR) is 71.3 cm³/mol. The molecule has 0 aliphatic carbocycles. The number of nitrogens with two attached hydrogens (primary N) is 2. The Kier molecular flexibility index (Phi) is 63.2. The molecule has 132 valence electrons. The molecular formula is C10H24N2O8Pt. The van der Waals surface area contributed by atoms with Gasteiger partial charge in [-0.1, -0.05) is 0 Å². The van der Waals surface area contributed by atoms with Gasteiger partial charge in [-0.25, -0.2) is 0 Å². The summed E-state index contributed by atoms with van der Waals surface area (Å²) in [7, 11) is 0. The second kappa shape index (κ2) is 36.3. The Balaban J connectivity index is -0.0000000331. The van der Waals surface area contributed by atoms with Gasteiger partial charge in [-0.15, -0.1) is 0 Å². The molecule has 0 spiro atoms. The van der Waals surface area contributed by atoms with Gasteiger partial charge in [0.05, 0.1) is 0 Å². The van der Waals surface area contributed by atoms with Crippen molar-refractivity contribution in [3.63, 3.8) is 0 Å². The second-order valence-electron chi connectivity index (χ2n) is 2.65. The van der Waals surface area contributed by atoms with Gasteiger partial charge in [0.15, 0.2) is 0 Å². The normalized spacial score (nSPS) is 6.19. The van der Waals surface area contributed by atoms with Crippen LogP contribution in [-0.4, -0.2) is 57.4 Å². The molecule has 0 aliphatic rings. The molecule has 21 heavy (non-hydrogen) atoms. The molecule has 10 nitrogen and oxygen atoms in total. The first-order valence-electron chi connectivity index (χ1n) is 5.03. The Labute approximate surface area is 137 Å². The van der Waals surface area contributed by atoms with Crippen LogP contribution in [0, 0.1) is 0 Å². The third-order valence-corrected chi connectivity index (χ3v) is 0.167. The predicted octanol–water partition coefficient (Wildman–Crippen LogP) is -0.735. The third kappa shape index (κ3) is 19200. The first-order valence-corrected chi connectivity index (χ1v) is 5.03. The summed E-state index contributed by atoms with van der Waals surface area (Å²) in [6.45, 7) is 5.53. The summed E-state index contributed by atoms with van der Waals surface area (Å²) in [5.74, 6) is -3.33. The van der Waals surface area contributed by atoms with Crippen LogP contribution in [0.1, 0.15) is 27.7 Å². The average Bonchev–Trinajstić information content (AvgIpc) is 2.13. The topological polar surface area (TPSA) is 201 Å². The number of carboxylic acids is 4. The first-order chi connectivity index (χ1) is 8.84. The van der Waals surface area contributed by atoms with Gasteiger partial charge in [-0.05, 0) is 0 Å². The van der Waals surface area contributed by atoms with E-state index in [1.165, 1.54) is 0 Å². The molecule has 0 fully saturated rings. The minimum Gasteiger partial charge on any atom is -0.481 e. The largest absolute Gasteiger partial charge is 0.481 e. The van der Waals surface area contributed by atoms with E-state index < -0.39 is 23.9 Å². The average molecular weight is 495 g/mol. The number of carbonyl (C=O) groups is 4. The van der Waals surface area contributed by atoms with E-state index in [4.69, 9.17) is 51.1 Å². The van der Waals surface area contributed by atoms with E-state index in [1.54, 1.807) is 0 Å². The zero-order valence-electron chi connectivity index (χ0n) is 12.3. The molecule has 0 aliphatic heterocycles. The summed E-state index contributed by atoms with van der Waals surface area (Å²) in [6.07, 6.45) is 0. The molecule has 0 radical (unpaired) electrons. The molecule has 0 saturated heterocycles. The SMILES string of the molecule is CC(=O)O.CC(=O)O.CC(=O)O.CC(=O)O.NCCN.[Pt]. The molecule has 0 atom stereocenters. The molecular weight excluding hydrogens is 471 g/mol. The Hall–Kier alpha value is -1.51. The van der Waals surface area contributed by atoms with E-state index in [2.05, 4.69) is 0 Å². The van der Waals surface area contributed by atoms with Crippen molar-refractivity contribution in [3.05, 3.63) is 0 Å². The van der Waals surface area contributed by atoms with E-state index in [0.29, 0.717) is 13.1 Å². The van der Waals surface area contributed by atoms with E-state index >= 15 is 0 Å². The second-order valence-corrected chi connectivity index (χ2v) is 2.65. The number of carboxylic acid groups (broad SMARTS) is 4. The summed E-state index contributed by atoms with van der Waals surface area (Å²) >= 11 is 0. The zero-order chi connectivity index (χ0) is 17.7. The van der Waals surface area contributed by atoms with Gasteiger partial charge < -0.3 is 31.9 Å². The molecule has 0 saturated carbocycles. The van der Waals surface area contributed by atoms with Crippen molar-refractivity contribution in [1.29, 1.82) is 0 Å². The fourth-order valence-corrected chi connectivity index (χ4v) is 0. The van der Waals surface area contributed by atoms with Crippen LogP contribution in [0.5, 0.6) is 0 Å². The molecule has 8 N–H and O–H groups in total. The van der Waals surface area contributed by atoms with Crippen LogP contribution in [0.25, 0.3) is 0 Å². The maximum Gasteiger partial charge on any atom is 0.300 e. The fraction of sp³-hybridized carbons (Fsp3) is 0.600. The molecule has 0 aromatic carbocycles. The number of rotatable bonds is 1. The van der Waals surface area contributed by atoms with Gasteiger partial charge in [0.1, 0.15) is 0 Å². The summed E-state index contributed by atoms with van der Waals surface area (Å²) < 4.78 is 0. The molecule has 0 aromatic rings. The molecule has 0 bridgehead atoms. The molecule has 0 unspecified atom stereocenters. The number of hydrogen-bond acceptors (Lipinski definition) is 6. The molecule has 0 heterocycles. The minimum absolute atomic E-state index is 0. The summed E-state index contributed by atoms with van der Waals surface area (Å²) in [6, 6.07) is 0. The standard InChI is InChI=1S/C2H8N2.4C2H4O2.Pt/c3-1-2-4;4*1-2(3)4;/h1-4H2;4*1H3,(H,3,4);. The van der Waals surface area contributed by atoms with Crippen LogP contribution in [0.3, 0.4) is 0 Å². The van der Waals surface area contributed by atoms with Gasteiger partial charge in [-0.3, -0.25) is 19.2 Å². The first kappa shape index (κ1) is 36.6.